The molecule has 118 valence electrons. The van der Waals surface area contributed by atoms with E-state index in [0.717, 1.165) is 5.56 Å². The Labute approximate surface area is 132 Å². The van der Waals surface area contributed by atoms with Crippen LogP contribution in [-0.4, -0.2) is 30.3 Å². The third-order valence-corrected chi connectivity index (χ3v) is 3.74. The molecule has 2 aromatic rings. The second-order valence-corrected chi connectivity index (χ2v) is 5.63. The molecule has 0 aliphatic heterocycles. The Bertz CT molecular complexity index is 572. The highest BCUT2D eigenvalue weighted by atomic mass is 32.1. The van der Waals surface area contributed by atoms with Gasteiger partial charge in [0.1, 0.15) is 24.3 Å². The van der Waals surface area contributed by atoms with Gasteiger partial charge >= 0.3 is 0 Å². The molecular formula is C16H18FNO3S. The van der Waals surface area contributed by atoms with Crippen molar-refractivity contribution in [2.75, 3.05) is 13.2 Å². The van der Waals surface area contributed by atoms with Crippen LogP contribution in [0.5, 0.6) is 5.75 Å². The largest absolute Gasteiger partial charge is 0.491 e. The molecule has 0 spiro atoms. The average molecular weight is 323 g/mol. The molecule has 1 unspecified atom stereocenters. The molecule has 0 fully saturated rings. The predicted molar refractivity (Wildman–Crippen MR) is 83.6 cm³/mol. The van der Waals surface area contributed by atoms with E-state index in [2.05, 4.69) is 5.32 Å². The van der Waals surface area contributed by atoms with Crippen molar-refractivity contribution < 1.29 is 19.0 Å². The monoisotopic (exact) mass is 323 g/mol. The molecule has 1 aromatic heterocycles. The smallest absolute Gasteiger partial charge is 0.220 e. The minimum Gasteiger partial charge on any atom is -0.491 e. The van der Waals surface area contributed by atoms with Crippen molar-refractivity contribution in [2.45, 2.75) is 18.9 Å². The summed E-state index contributed by atoms with van der Waals surface area (Å²) in [5.74, 6) is 0.0297. The van der Waals surface area contributed by atoms with Gasteiger partial charge < -0.3 is 15.2 Å². The van der Waals surface area contributed by atoms with E-state index in [9.17, 15) is 14.3 Å². The van der Waals surface area contributed by atoms with E-state index in [1.165, 1.54) is 24.3 Å². The molecule has 2 rings (SSSR count). The number of carbonyl (C=O) groups is 1. The molecule has 1 amide bonds. The minimum atomic E-state index is -0.810. The molecule has 1 atom stereocenters. The molecule has 0 radical (unpaired) electrons. The Kier molecular flexibility index (Phi) is 6.36. The van der Waals surface area contributed by atoms with E-state index in [1.54, 1.807) is 11.3 Å². The molecular weight excluding hydrogens is 305 g/mol. The minimum absolute atomic E-state index is 0.0381. The number of ether oxygens (including phenoxy) is 1. The highest BCUT2D eigenvalue weighted by Gasteiger charge is 2.08. The van der Waals surface area contributed by atoms with Crippen molar-refractivity contribution in [3.05, 3.63) is 52.5 Å². The zero-order valence-electron chi connectivity index (χ0n) is 12.0. The van der Waals surface area contributed by atoms with Gasteiger partial charge in [0.05, 0.1) is 0 Å². The average Bonchev–Trinajstić information content (AvgIpc) is 3.04. The summed E-state index contributed by atoms with van der Waals surface area (Å²) in [5, 5.41) is 16.4. The second kappa shape index (κ2) is 8.51. The normalized spacial score (nSPS) is 11.9. The van der Waals surface area contributed by atoms with Crippen molar-refractivity contribution in [3.8, 4) is 5.75 Å². The Morgan fingerprint density at radius 1 is 1.32 bits per heavy atom. The summed E-state index contributed by atoms with van der Waals surface area (Å²) in [4.78, 5) is 11.7. The van der Waals surface area contributed by atoms with E-state index in [1.807, 2.05) is 16.8 Å². The number of aryl methyl sites for hydroxylation is 1. The molecule has 6 heteroatoms. The van der Waals surface area contributed by atoms with Crippen molar-refractivity contribution in [3.63, 3.8) is 0 Å². The summed E-state index contributed by atoms with van der Waals surface area (Å²) in [7, 11) is 0. The third-order valence-electron chi connectivity index (χ3n) is 3.01. The van der Waals surface area contributed by atoms with E-state index < -0.39 is 6.10 Å². The molecule has 0 saturated carbocycles. The van der Waals surface area contributed by atoms with E-state index in [0.29, 0.717) is 18.6 Å². The Hall–Kier alpha value is -1.92. The molecule has 22 heavy (non-hydrogen) atoms. The fourth-order valence-electron chi connectivity index (χ4n) is 1.79. The lowest BCUT2D eigenvalue weighted by atomic mass is 10.2. The first-order chi connectivity index (χ1) is 10.6. The lowest BCUT2D eigenvalue weighted by Gasteiger charge is -2.13. The predicted octanol–water partition coefficient (Wildman–Crippen LogP) is 2.38. The number of aliphatic hydroxyl groups excluding tert-OH is 1. The summed E-state index contributed by atoms with van der Waals surface area (Å²) in [6, 6.07) is 7.54. The number of hydrogen-bond acceptors (Lipinski definition) is 4. The van der Waals surface area contributed by atoms with Gasteiger partial charge in [-0.3, -0.25) is 4.79 Å². The third kappa shape index (κ3) is 5.83. The molecule has 0 aliphatic rings. The standard InChI is InChI=1S/C16H18FNO3S/c17-13-2-4-15(5-3-13)21-10-14(19)9-18-16(20)6-1-12-7-8-22-11-12/h2-5,7-8,11,14,19H,1,6,9-10H2,(H,18,20). The maximum atomic E-state index is 12.7. The van der Waals surface area contributed by atoms with Crippen LogP contribution in [0.25, 0.3) is 0 Å². The quantitative estimate of drug-likeness (QED) is 0.784. The molecule has 0 aliphatic carbocycles. The lowest BCUT2D eigenvalue weighted by Crippen LogP contribution is -2.35. The molecule has 0 saturated heterocycles. The van der Waals surface area contributed by atoms with Gasteiger partial charge in [0.15, 0.2) is 0 Å². The summed E-state index contributed by atoms with van der Waals surface area (Å²) in [6.07, 6.45) is 0.273. The van der Waals surface area contributed by atoms with Crippen LogP contribution < -0.4 is 10.1 Å². The Morgan fingerprint density at radius 3 is 2.77 bits per heavy atom. The van der Waals surface area contributed by atoms with Crippen LogP contribution in [0.1, 0.15) is 12.0 Å². The first-order valence-corrected chi connectivity index (χ1v) is 7.92. The number of carbonyl (C=O) groups excluding carboxylic acids is 1. The van der Waals surface area contributed by atoms with Gasteiger partial charge in [-0.1, -0.05) is 0 Å². The Morgan fingerprint density at radius 2 is 2.09 bits per heavy atom. The number of hydrogen-bond donors (Lipinski definition) is 2. The molecule has 0 bridgehead atoms. The lowest BCUT2D eigenvalue weighted by molar-refractivity contribution is -0.121. The fourth-order valence-corrected chi connectivity index (χ4v) is 2.50. The van der Waals surface area contributed by atoms with Crippen LogP contribution >= 0.6 is 11.3 Å². The maximum absolute atomic E-state index is 12.7. The van der Waals surface area contributed by atoms with Crippen molar-refractivity contribution >= 4 is 17.2 Å². The van der Waals surface area contributed by atoms with Gasteiger partial charge in [0.25, 0.3) is 0 Å². The summed E-state index contributed by atoms with van der Waals surface area (Å²) < 4.78 is 18.0. The van der Waals surface area contributed by atoms with Crippen LogP contribution in [0.2, 0.25) is 0 Å². The second-order valence-electron chi connectivity index (χ2n) is 4.85. The highest BCUT2D eigenvalue weighted by molar-refractivity contribution is 7.07. The number of benzene rings is 1. The van der Waals surface area contributed by atoms with Gasteiger partial charge in [-0.25, -0.2) is 4.39 Å². The van der Waals surface area contributed by atoms with Gasteiger partial charge in [0, 0.05) is 13.0 Å². The molecule has 1 aromatic carbocycles. The van der Waals surface area contributed by atoms with Crippen LogP contribution in [-0.2, 0) is 11.2 Å². The first-order valence-electron chi connectivity index (χ1n) is 6.97. The van der Waals surface area contributed by atoms with Gasteiger partial charge in [0.2, 0.25) is 5.91 Å². The molecule has 1 heterocycles. The number of nitrogens with one attached hydrogen (secondary N) is 1. The summed E-state index contributed by atoms with van der Waals surface area (Å²) in [6.45, 7) is 0.167. The molecule has 4 nitrogen and oxygen atoms in total. The van der Waals surface area contributed by atoms with Crippen LogP contribution in [0, 0.1) is 5.82 Å². The number of amides is 1. The van der Waals surface area contributed by atoms with E-state index in [-0.39, 0.29) is 24.9 Å². The van der Waals surface area contributed by atoms with Gasteiger partial charge in [-0.15, -0.1) is 0 Å². The van der Waals surface area contributed by atoms with E-state index >= 15 is 0 Å². The zero-order valence-corrected chi connectivity index (χ0v) is 12.8. The zero-order chi connectivity index (χ0) is 15.8. The van der Waals surface area contributed by atoms with Gasteiger partial charge in [-0.2, -0.15) is 11.3 Å². The number of aliphatic hydroxyl groups is 1. The maximum Gasteiger partial charge on any atom is 0.220 e. The van der Waals surface area contributed by atoms with Crippen molar-refractivity contribution in [2.24, 2.45) is 0 Å². The van der Waals surface area contributed by atoms with Crippen molar-refractivity contribution in [1.82, 2.24) is 5.32 Å². The summed E-state index contributed by atoms with van der Waals surface area (Å²) >= 11 is 1.60. The highest BCUT2D eigenvalue weighted by Crippen LogP contribution is 2.11. The SMILES string of the molecule is O=C(CCc1ccsc1)NCC(O)COc1ccc(F)cc1. The number of thiophene rings is 1. The van der Waals surface area contributed by atoms with Crippen LogP contribution in [0.15, 0.2) is 41.1 Å². The van der Waals surface area contributed by atoms with Crippen molar-refractivity contribution in [1.29, 1.82) is 0 Å². The Balaban J connectivity index is 1.61. The van der Waals surface area contributed by atoms with Crippen LogP contribution in [0.3, 0.4) is 0 Å². The van der Waals surface area contributed by atoms with Crippen LogP contribution in [0.4, 0.5) is 4.39 Å². The first kappa shape index (κ1) is 16.5. The molecule has 2 N–H and O–H groups in total. The van der Waals surface area contributed by atoms with E-state index in [4.69, 9.17) is 4.74 Å². The number of rotatable bonds is 8. The number of halogens is 1. The topological polar surface area (TPSA) is 58.6 Å². The van der Waals surface area contributed by atoms with Gasteiger partial charge in [-0.05, 0) is 53.1 Å². The summed E-state index contributed by atoms with van der Waals surface area (Å²) in [5.41, 5.74) is 1.14. The fraction of sp³-hybridized carbons (Fsp3) is 0.312.